The van der Waals surface area contributed by atoms with Gasteiger partial charge in [0.2, 0.25) is 0 Å². The predicted molar refractivity (Wildman–Crippen MR) is 94.6 cm³/mol. The molecular weight excluding hydrogens is 322 g/mol. The van der Waals surface area contributed by atoms with Crippen LogP contribution in [-0.4, -0.2) is 32.7 Å². The maximum absolute atomic E-state index is 12.7. The van der Waals surface area contributed by atoms with Gasteiger partial charge in [-0.3, -0.25) is 4.79 Å². The Bertz CT molecular complexity index is 763. The number of carbonyl (C=O) groups is 2. The molecule has 0 bridgehead atoms. The number of carbonyl (C=O) groups excluding carboxylic acids is 2. The second-order valence-electron chi connectivity index (χ2n) is 5.19. The Balaban J connectivity index is 2.37. The first kappa shape index (κ1) is 18.3. The Labute approximate surface area is 146 Å². The minimum atomic E-state index is -0.425. The number of anilines is 1. The molecule has 0 radical (unpaired) electrons. The minimum absolute atomic E-state index is 0.285. The van der Waals surface area contributed by atoms with Crippen LogP contribution in [0.5, 0.6) is 11.5 Å². The minimum Gasteiger partial charge on any atom is -0.496 e. The number of hydrogen-bond acceptors (Lipinski definition) is 5. The molecule has 0 saturated carbocycles. The standard InChI is InChI=1S/C19H21NO5/c1-5-25-19(22)13-8-6-9-14(12(13)2)20-18(21)17-15(23-3)10-7-11-16(17)24-4/h6-11H,5H2,1-4H3,(H,20,21). The number of nitrogens with one attached hydrogen (secondary N) is 1. The number of hydrogen-bond donors (Lipinski definition) is 1. The molecule has 0 heterocycles. The summed E-state index contributed by atoms with van der Waals surface area (Å²) in [7, 11) is 2.97. The van der Waals surface area contributed by atoms with Gasteiger partial charge in [-0.2, -0.15) is 0 Å². The topological polar surface area (TPSA) is 73.9 Å². The van der Waals surface area contributed by atoms with Gasteiger partial charge in [-0.25, -0.2) is 4.79 Å². The van der Waals surface area contributed by atoms with Crippen LogP contribution in [0, 0.1) is 6.92 Å². The van der Waals surface area contributed by atoms with Gasteiger partial charge in [0.05, 0.1) is 26.4 Å². The average Bonchev–Trinajstić information content (AvgIpc) is 2.62. The Morgan fingerprint density at radius 1 is 1.00 bits per heavy atom. The van der Waals surface area contributed by atoms with Crippen molar-refractivity contribution in [3.8, 4) is 11.5 Å². The van der Waals surface area contributed by atoms with Gasteiger partial charge in [-0.05, 0) is 43.7 Å². The number of esters is 1. The van der Waals surface area contributed by atoms with E-state index in [9.17, 15) is 9.59 Å². The van der Waals surface area contributed by atoms with Crippen LogP contribution in [0.3, 0.4) is 0 Å². The van der Waals surface area contributed by atoms with Gasteiger partial charge in [0, 0.05) is 5.69 Å². The van der Waals surface area contributed by atoms with E-state index in [4.69, 9.17) is 14.2 Å². The molecule has 1 N–H and O–H groups in total. The third-order valence-corrected chi connectivity index (χ3v) is 3.73. The van der Waals surface area contributed by atoms with Crippen LogP contribution in [0.1, 0.15) is 33.2 Å². The molecule has 25 heavy (non-hydrogen) atoms. The van der Waals surface area contributed by atoms with Crippen LogP contribution < -0.4 is 14.8 Å². The quantitative estimate of drug-likeness (QED) is 0.813. The van der Waals surface area contributed by atoms with E-state index < -0.39 is 11.9 Å². The number of ether oxygens (including phenoxy) is 3. The fourth-order valence-corrected chi connectivity index (χ4v) is 2.46. The maximum atomic E-state index is 12.7. The lowest BCUT2D eigenvalue weighted by molar-refractivity contribution is 0.0525. The molecule has 0 fully saturated rings. The molecule has 2 aromatic rings. The molecule has 0 atom stereocenters. The Morgan fingerprint density at radius 2 is 1.60 bits per heavy atom. The Morgan fingerprint density at radius 3 is 2.16 bits per heavy atom. The van der Waals surface area contributed by atoms with E-state index in [-0.39, 0.29) is 12.2 Å². The number of amides is 1. The normalized spacial score (nSPS) is 10.1. The zero-order valence-electron chi connectivity index (χ0n) is 14.7. The van der Waals surface area contributed by atoms with E-state index in [0.717, 1.165) is 0 Å². The summed E-state index contributed by atoms with van der Waals surface area (Å²) >= 11 is 0. The molecule has 0 aliphatic rings. The van der Waals surface area contributed by atoms with Crippen LogP contribution in [0.2, 0.25) is 0 Å². The average molecular weight is 343 g/mol. The number of benzene rings is 2. The molecule has 0 aliphatic heterocycles. The fraction of sp³-hybridized carbons (Fsp3) is 0.263. The summed E-state index contributed by atoms with van der Waals surface area (Å²) in [6.45, 7) is 3.78. The first-order valence-electron chi connectivity index (χ1n) is 7.82. The summed E-state index contributed by atoms with van der Waals surface area (Å²) < 4.78 is 15.5. The van der Waals surface area contributed by atoms with Gasteiger partial charge in [0.15, 0.2) is 0 Å². The molecule has 0 spiro atoms. The molecule has 0 saturated heterocycles. The van der Waals surface area contributed by atoms with Crippen LogP contribution in [0.25, 0.3) is 0 Å². The summed E-state index contributed by atoms with van der Waals surface area (Å²) in [5.41, 5.74) is 1.84. The fourth-order valence-electron chi connectivity index (χ4n) is 2.46. The molecule has 0 aromatic heterocycles. The van der Waals surface area contributed by atoms with Crippen molar-refractivity contribution >= 4 is 17.6 Å². The van der Waals surface area contributed by atoms with Gasteiger partial charge in [0.1, 0.15) is 17.1 Å². The van der Waals surface area contributed by atoms with Crippen molar-refractivity contribution in [2.45, 2.75) is 13.8 Å². The van der Waals surface area contributed by atoms with E-state index in [1.807, 2.05) is 0 Å². The predicted octanol–water partition coefficient (Wildman–Crippen LogP) is 3.44. The van der Waals surface area contributed by atoms with Gasteiger partial charge in [-0.1, -0.05) is 12.1 Å². The van der Waals surface area contributed by atoms with E-state index in [2.05, 4.69) is 5.32 Å². The lowest BCUT2D eigenvalue weighted by Gasteiger charge is -2.15. The molecule has 6 nitrogen and oxygen atoms in total. The van der Waals surface area contributed by atoms with Gasteiger partial charge in [-0.15, -0.1) is 0 Å². The van der Waals surface area contributed by atoms with Crippen molar-refractivity contribution in [1.29, 1.82) is 0 Å². The number of methoxy groups -OCH3 is 2. The lowest BCUT2D eigenvalue weighted by atomic mass is 10.1. The highest BCUT2D eigenvalue weighted by molar-refractivity contribution is 6.09. The molecule has 2 aromatic carbocycles. The molecular formula is C19H21NO5. The van der Waals surface area contributed by atoms with Crippen molar-refractivity contribution < 1.29 is 23.8 Å². The maximum Gasteiger partial charge on any atom is 0.338 e. The van der Waals surface area contributed by atoms with E-state index in [1.54, 1.807) is 50.2 Å². The lowest BCUT2D eigenvalue weighted by Crippen LogP contribution is -2.16. The van der Waals surface area contributed by atoms with E-state index >= 15 is 0 Å². The van der Waals surface area contributed by atoms with Crippen LogP contribution in [0.4, 0.5) is 5.69 Å². The first-order valence-corrected chi connectivity index (χ1v) is 7.82. The summed E-state index contributed by atoms with van der Waals surface area (Å²) in [6.07, 6.45) is 0. The molecule has 132 valence electrons. The number of rotatable bonds is 6. The van der Waals surface area contributed by atoms with Crippen molar-refractivity contribution in [3.05, 3.63) is 53.1 Å². The monoisotopic (exact) mass is 343 g/mol. The van der Waals surface area contributed by atoms with Gasteiger partial charge < -0.3 is 19.5 Å². The van der Waals surface area contributed by atoms with E-state index in [1.165, 1.54) is 14.2 Å². The van der Waals surface area contributed by atoms with Crippen molar-refractivity contribution in [1.82, 2.24) is 0 Å². The van der Waals surface area contributed by atoms with Gasteiger partial charge >= 0.3 is 5.97 Å². The molecule has 1 amide bonds. The summed E-state index contributed by atoms with van der Waals surface area (Å²) in [4.78, 5) is 24.7. The molecule has 6 heteroatoms. The van der Waals surface area contributed by atoms with Crippen LogP contribution in [-0.2, 0) is 4.74 Å². The van der Waals surface area contributed by atoms with E-state index in [0.29, 0.717) is 28.3 Å². The Kier molecular flexibility index (Phi) is 6.00. The summed E-state index contributed by atoms with van der Waals surface area (Å²) in [5.74, 6) is -0.0171. The second kappa shape index (κ2) is 8.19. The first-order chi connectivity index (χ1) is 12.0. The van der Waals surface area contributed by atoms with Crippen LogP contribution >= 0.6 is 0 Å². The third kappa shape index (κ3) is 3.91. The van der Waals surface area contributed by atoms with Crippen LogP contribution in [0.15, 0.2) is 36.4 Å². The molecule has 2 rings (SSSR count). The highest BCUT2D eigenvalue weighted by Crippen LogP contribution is 2.30. The highest BCUT2D eigenvalue weighted by Gasteiger charge is 2.20. The van der Waals surface area contributed by atoms with Crippen molar-refractivity contribution in [2.24, 2.45) is 0 Å². The smallest absolute Gasteiger partial charge is 0.338 e. The summed E-state index contributed by atoms with van der Waals surface area (Å²) in [5, 5.41) is 2.81. The molecule has 0 unspecified atom stereocenters. The zero-order valence-corrected chi connectivity index (χ0v) is 14.7. The Hall–Kier alpha value is -3.02. The van der Waals surface area contributed by atoms with Gasteiger partial charge in [0.25, 0.3) is 5.91 Å². The molecule has 0 aliphatic carbocycles. The second-order valence-corrected chi connectivity index (χ2v) is 5.19. The largest absolute Gasteiger partial charge is 0.496 e. The highest BCUT2D eigenvalue weighted by atomic mass is 16.5. The SMILES string of the molecule is CCOC(=O)c1cccc(NC(=O)c2c(OC)cccc2OC)c1C. The van der Waals surface area contributed by atoms with Crippen molar-refractivity contribution in [3.63, 3.8) is 0 Å². The summed E-state index contributed by atoms with van der Waals surface area (Å²) in [6, 6.07) is 10.2. The van der Waals surface area contributed by atoms with Crippen molar-refractivity contribution in [2.75, 3.05) is 26.1 Å². The zero-order chi connectivity index (χ0) is 18.4. The third-order valence-electron chi connectivity index (χ3n) is 3.73.